The molecule has 0 amide bonds. The minimum absolute atomic E-state index is 0.00649. The Morgan fingerprint density at radius 3 is 1.26 bits per heavy atom. The summed E-state index contributed by atoms with van der Waals surface area (Å²) in [4.78, 5) is 0. The van der Waals surface area contributed by atoms with E-state index in [1.165, 1.54) is 38.6 Å². The fourth-order valence-electron chi connectivity index (χ4n) is 5.79. The van der Waals surface area contributed by atoms with Crippen LogP contribution in [-0.4, -0.2) is 8.07 Å². The SMILES string of the molecule is Cc1cc(C)c([Si]2(c3c(C)cc(C)cc3C)C(C#CC(C)(C)C)=C2C(C)(C)C)c(C)c1. The van der Waals surface area contributed by atoms with Crippen LogP contribution in [0.2, 0.25) is 0 Å². The highest BCUT2D eigenvalue weighted by atomic mass is 28.3. The van der Waals surface area contributed by atoms with Crippen LogP contribution < -0.4 is 10.4 Å². The van der Waals surface area contributed by atoms with Crippen LogP contribution in [-0.2, 0) is 0 Å². The molecule has 0 radical (unpaired) electrons. The van der Waals surface area contributed by atoms with Crippen LogP contribution in [0.25, 0.3) is 0 Å². The Kier molecular flexibility index (Phi) is 5.73. The van der Waals surface area contributed by atoms with Crippen molar-refractivity contribution < 1.29 is 0 Å². The molecule has 31 heavy (non-hydrogen) atoms. The van der Waals surface area contributed by atoms with E-state index in [-0.39, 0.29) is 10.8 Å². The zero-order chi connectivity index (χ0) is 23.5. The van der Waals surface area contributed by atoms with E-state index in [1.54, 1.807) is 15.6 Å². The molecule has 3 rings (SSSR count). The summed E-state index contributed by atoms with van der Waals surface area (Å²) in [5, 5.41) is 6.24. The lowest BCUT2D eigenvalue weighted by Gasteiger charge is -2.30. The summed E-state index contributed by atoms with van der Waals surface area (Å²) >= 11 is 0. The molecule has 0 aromatic heterocycles. The van der Waals surface area contributed by atoms with E-state index >= 15 is 0 Å². The maximum absolute atomic E-state index is 3.77. The third kappa shape index (κ3) is 4.08. The van der Waals surface area contributed by atoms with E-state index in [1.807, 2.05) is 0 Å². The Balaban J connectivity index is 2.48. The summed E-state index contributed by atoms with van der Waals surface area (Å²) < 4.78 is 0. The molecule has 0 saturated carbocycles. The maximum Gasteiger partial charge on any atom is 0.186 e. The van der Waals surface area contributed by atoms with Crippen LogP contribution in [0.5, 0.6) is 0 Å². The van der Waals surface area contributed by atoms with Crippen molar-refractivity contribution in [2.45, 2.75) is 83.1 Å². The molecule has 2 aromatic carbocycles. The van der Waals surface area contributed by atoms with Gasteiger partial charge in [-0.25, -0.2) is 0 Å². The van der Waals surface area contributed by atoms with Gasteiger partial charge in [0, 0.05) is 10.6 Å². The van der Waals surface area contributed by atoms with Crippen LogP contribution in [0, 0.1) is 64.2 Å². The fourth-order valence-corrected chi connectivity index (χ4v) is 12.4. The molecule has 0 unspecified atom stereocenters. The van der Waals surface area contributed by atoms with Crippen molar-refractivity contribution in [1.82, 2.24) is 0 Å². The molecule has 0 N–H and O–H groups in total. The first-order valence-electron chi connectivity index (χ1n) is 11.6. The fraction of sp³-hybridized carbons (Fsp3) is 0.467. The first-order valence-corrected chi connectivity index (χ1v) is 13.6. The lowest BCUT2D eigenvalue weighted by atomic mass is 9.95. The first kappa shape index (κ1) is 23.6. The van der Waals surface area contributed by atoms with Gasteiger partial charge in [-0.3, -0.25) is 0 Å². The summed E-state index contributed by atoms with van der Waals surface area (Å²) in [6.07, 6.45) is 0. The lowest BCUT2D eigenvalue weighted by molar-refractivity contribution is 0.535. The zero-order valence-corrected chi connectivity index (χ0v) is 22.8. The average Bonchev–Trinajstić information content (AvgIpc) is 3.19. The highest BCUT2D eigenvalue weighted by Crippen LogP contribution is 2.52. The van der Waals surface area contributed by atoms with Gasteiger partial charge in [0.15, 0.2) is 8.07 Å². The van der Waals surface area contributed by atoms with E-state index in [4.69, 9.17) is 0 Å². The van der Waals surface area contributed by atoms with Gasteiger partial charge < -0.3 is 0 Å². The summed E-state index contributed by atoms with van der Waals surface area (Å²) in [7, 11) is -2.26. The summed E-state index contributed by atoms with van der Waals surface area (Å²) in [6.45, 7) is 27.5. The third-order valence-corrected chi connectivity index (χ3v) is 12.1. The van der Waals surface area contributed by atoms with Crippen molar-refractivity contribution in [2.24, 2.45) is 10.8 Å². The highest BCUT2D eigenvalue weighted by Gasteiger charge is 2.63. The minimum Gasteiger partial charge on any atom is -0.0927 e. The van der Waals surface area contributed by atoms with Crippen LogP contribution in [0.1, 0.15) is 74.9 Å². The van der Waals surface area contributed by atoms with Crippen molar-refractivity contribution >= 4 is 18.4 Å². The first-order chi connectivity index (χ1) is 14.1. The van der Waals surface area contributed by atoms with Crippen molar-refractivity contribution in [3.8, 4) is 11.8 Å². The second-order valence-electron chi connectivity index (χ2n) is 11.8. The van der Waals surface area contributed by atoms with Gasteiger partial charge >= 0.3 is 0 Å². The molecule has 1 aliphatic rings. The molecule has 0 fully saturated rings. The standard InChI is InChI=1S/C30H40Si/c1-19-15-21(3)26(22(4)16-19)31(27-23(5)17-20(2)18-24(27)6)25(13-14-29(7,8)9)28(31)30(10,11)12/h15-18H,1-12H3. The van der Waals surface area contributed by atoms with E-state index < -0.39 is 8.07 Å². The van der Waals surface area contributed by atoms with Crippen LogP contribution in [0.3, 0.4) is 0 Å². The van der Waals surface area contributed by atoms with Crippen LogP contribution >= 0.6 is 0 Å². The van der Waals surface area contributed by atoms with Crippen molar-refractivity contribution in [1.29, 1.82) is 0 Å². The Morgan fingerprint density at radius 2 is 0.968 bits per heavy atom. The largest absolute Gasteiger partial charge is 0.186 e. The van der Waals surface area contributed by atoms with E-state index in [0.29, 0.717) is 0 Å². The van der Waals surface area contributed by atoms with Gasteiger partial charge in [-0.1, -0.05) is 95.5 Å². The molecule has 0 saturated heterocycles. The quantitative estimate of drug-likeness (QED) is 0.374. The molecular formula is C30H40Si. The summed E-state index contributed by atoms with van der Waals surface area (Å²) in [6, 6.07) is 9.51. The van der Waals surface area contributed by atoms with Crippen molar-refractivity contribution in [3.05, 3.63) is 68.0 Å². The van der Waals surface area contributed by atoms with E-state index in [0.717, 1.165) is 0 Å². The maximum atomic E-state index is 3.77. The third-order valence-electron chi connectivity index (χ3n) is 6.35. The van der Waals surface area contributed by atoms with Crippen LogP contribution in [0.15, 0.2) is 34.7 Å². The van der Waals surface area contributed by atoms with Gasteiger partial charge in [0.05, 0.1) is 0 Å². The smallest absolute Gasteiger partial charge is 0.0927 e. The molecule has 0 atom stereocenters. The average molecular weight is 429 g/mol. The number of rotatable bonds is 2. The Hall–Kier alpha value is -2.04. The van der Waals surface area contributed by atoms with Crippen molar-refractivity contribution in [3.63, 3.8) is 0 Å². The van der Waals surface area contributed by atoms with Gasteiger partial charge in [0.2, 0.25) is 0 Å². The topological polar surface area (TPSA) is 0 Å². The monoisotopic (exact) mass is 428 g/mol. The van der Waals surface area contributed by atoms with Gasteiger partial charge in [0.1, 0.15) is 0 Å². The summed E-state index contributed by atoms with van der Waals surface area (Å²) in [5.74, 6) is 7.38. The number of hydrogen-bond donors (Lipinski definition) is 0. The van der Waals surface area contributed by atoms with Gasteiger partial charge in [-0.2, -0.15) is 0 Å². The van der Waals surface area contributed by atoms with Crippen molar-refractivity contribution in [2.75, 3.05) is 0 Å². The van der Waals surface area contributed by atoms with Crippen LogP contribution in [0.4, 0.5) is 0 Å². The molecular weight excluding hydrogens is 388 g/mol. The normalized spacial score (nSPS) is 15.6. The second-order valence-corrected chi connectivity index (χ2v) is 15.3. The molecule has 1 aliphatic heterocycles. The Morgan fingerprint density at radius 1 is 0.613 bits per heavy atom. The lowest BCUT2D eigenvalue weighted by Crippen LogP contribution is -2.56. The molecule has 2 aromatic rings. The summed E-state index contributed by atoms with van der Waals surface area (Å²) in [5.41, 5.74) is 8.50. The molecule has 0 aliphatic carbocycles. The predicted molar refractivity (Wildman–Crippen MR) is 140 cm³/mol. The van der Waals surface area contributed by atoms with E-state index in [9.17, 15) is 0 Å². The highest BCUT2D eigenvalue weighted by molar-refractivity contribution is 7.22. The molecule has 0 bridgehead atoms. The minimum atomic E-state index is -2.26. The molecule has 164 valence electrons. The number of benzene rings is 2. The number of hydrogen-bond acceptors (Lipinski definition) is 0. The number of allylic oxidation sites excluding steroid dienone is 2. The van der Waals surface area contributed by atoms with Gasteiger partial charge in [0.25, 0.3) is 0 Å². The molecule has 1 heterocycles. The van der Waals surface area contributed by atoms with E-state index in [2.05, 4.69) is 119 Å². The molecule has 0 spiro atoms. The Bertz CT molecular complexity index is 1040. The van der Waals surface area contributed by atoms with Gasteiger partial charge in [-0.15, -0.1) is 0 Å². The predicted octanol–water partition coefficient (Wildman–Crippen LogP) is 6.58. The molecule has 1 heteroatoms. The number of aryl methyl sites for hydroxylation is 6. The molecule has 0 nitrogen and oxygen atoms in total. The Labute approximate surface area is 192 Å². The van der Waals surface area contributed by atoms with Gasteiger partial charge in [-0.05, 0) is 78.1 Å². The second kappa shape index (κ2) is 7.53. The zero-order valence-electron chi connectivity index (χ0n) is 21.8.